The van der Waals surface area contributed by atoms with E-state index in [1.54, 1.807) is 20.1 Å². The van der Waals surface area contributed by atoms with Crippen molar-refractivity contribution < 1.29 is 19.0 Å². The number of nitrogens with one attached hydrogen (secondary N) is 1. The lowest BCUT2D eigenvalue weighted by molar-refractivity contribution is -0.142. The van der Waals surface area contributed by atoms with Crippen LogP contribution in [0.15, 0.2) is 12.1 Å². The SMILES string of the molecule is COC(=O)C(C)NCc1cc(Cl)c(OC)c(OC)c1. The van der Waals surface area contributed by atoms with Gasteiger partial charge in [-0.25, -0.2) is 0 Å². The van der Waals surface area contributed by atoms with Gasteiger partial charge in [0.25, 0.3) is 0 Å². The van der Waals surface area contributed by atoms with Crippen molar-refractivity contribution in [1.29, 1.82) is 0 Å². The quantitative estimate of drug-likeness (QED) is 0.811. The summed E-state index contributed by atoms with van der Waals surface area (Å²) in [6.45, 7) is 2.20. The van der Waals surface area contributed by atoms with Gasteiger partial charge in [0.2, 0.25) is 0 Å². The molecule has 0 aliphatic rings. The Morgan fingerprint density at radius 1 is 1.32 bits per heavy atom. The van der Waals surface area contributed by atoms with Gasteiger partial charge in [-0.2, -0.15) is 0 Å². The Balaban J connectivity index is 2.80. The molecule has 0 amide bonds. The van der Waals surface area contributed by atoms with Crippen LogP contribution >= 0.6 is 11.6 Å². The number of esters is 1. The molecule has 0 fully saturated rings. The second-order valence-corrected chi connectivity index (χ2v) is 4.35. The Bertz CT molecular complexity index is 451. The summed E-state index contributed by atoms with van der Waals surface area (Å²) in [4.78, 5) is 11.3. The van der Waals surface area contributed by atoms with Crippen LogP contribution in [-0.2, 0) is 16.1 Å². The van der Waals surface area contributed by atoms with Crippen LogP contribution < -0.4 is 14.8 Å². The molecule has 106 valence electrons. The van der Waals surface area contributed by atoms with Crippen molar-refractivity contribution in [3.8, 4) is 11.5 Å². The van der Waals surface area contributed by atoms with Crippen LogP contribution in [-0.4, -0.2) is 33.3 Å². The number of hydrogen-bond acceptors (Lipinski definition) is 5. The fourth-order valence-corrected chi connectivity index (χ4v) is 1.91. The molecule has 0 spiro atoms. The Morgan fingerprint density at radius 3 is 2.53 bits per heavy atom. The maximum Gasteiger partial charge on any atom is 0.322 e. The standard InChI is InChI=1S/C13H18ClNO4/c1-8(13(16)19-4)15-7-9-5-10(14)12(18-3)11(6-9)17-2/h5-6,8,15H,7H2,1-4H3. The van der Waals surface area contributed by atoms with Crippen molar-refractivity contribution in [3.05, 3.63) is 22.7 Å². The van der Waals surface area contributed by atoms with Gasteiger partial charge in [0.1, 0.15) is 6.04 Å². The fraction of sp³-hybridized carbons (Fsp3) is 0.462. The molecule has 1 aromatic carbocycles. The van der Waals surface area contributed by atoms with Gasteiger partial charge in [0.05, 0.1) is 26.4 Å². The van der Waals surface area contributed by atoms with Gasteiger partial charge in [0, 0.05) is 6.54 Å². The lowest BCUT2D eigenvalue weighted by atomic mass is 10.2. The Hall–Kier alpha value is -1.46. The first-order valence-electron chi connectivity index (χ1n) is 5.75. The highest BCUT2D eigenvalue weighted by molar-refractivity contribution is 6.32. The zero-order chi connectivity index (χ0) is 14.4. The Labute approximate surface area is 117 Å². The number of methoxy groups -OCH3 is 3. The van der Waals surface area contributed by atoms with Crippen molar-refractivity contribution in [2.75, 3.05) is 21.3 Å². The molecule has 0 radical (unpaired) electrons. The molecule has 0 aromatic heterocycles. The van der Waals surface area contributed by atoms with E-state index in [0.29, 0.717) is 23.1 Å². The highest BCUT2D eigenvalue weighted by Gasteiger charge is 2.14. The van der Waals surface area contributed by atoms with Crippen molar-refractivity contribution in [1.82, 2.24) is 5.32 Å². The second-order valence-electron chi connectivity index (χ2n) is 3.94. The number of carbonyl (C=O) groups is 1. The monoisotopic (exact) mass is 287 g/mol. The molecule has 0 saturated heterocycles. The molecule has 1 unspecified atom stereocenters. The van der Waals surface area contributed by atoms with Crippen molar-refractivity contribution >= 4 is 17.6 Å². The largest absolute Gasteiger partial charge is 0.493 e. The van der Waals surface area contributed by atoms with Crippen molar-refractivity contribution in [2.45, 2.75) is 19.5 Å². The number of halogens is 1. The summed E-state index contributed by atoms with van der Waals surface area (Å²) in [5.41, 5.74) is 0.887. The molecule has 0 heterocycles. The molecule has 6 heteroatoms. The van der Waals surface area contributed by atoms with Crippen molar-refractivity contribution in [3.63, 3.8) is 0 Å². The molecule has 19 heavy (non-hydrogen) atoms. The topological polar surface area (TPSA) is 56.8 Å². The van der Waals surface area contributed by atoms with Crippen LogP contribution in [0.2, 0.25) is 5.02 Å². The van der Waals surface area contributed by atoms with Gasteiger partial charge < -0.3 is 19.5 Å². The highest BCUT2D eigenvalue weighted by atomic mass is 35.5. The summed E-state index contributed by atoms with van der Waals surface area (Å²) in [6.07, 6.45) is 0. The summed E-state index contributed by atoms with van der Waals surface area (Å²) < 4.78 is 15.0. The van der Waals surface area contributed by atoms with Gasteiger partial charge in [-0.1, -0.05) is 11.6 Å². The summed E-state index contributed by atoms with van der Waals surface area (Å²) in [5, 5.41) is 3.50. The maximum absolute atomic E-state index is 11.3. The normalized spacial score (nSPS) is 11.8. The lowest BCUT2D eigenvalue weighted by Gasteiger charge is -2.14. The van der Waals surface area contributed by atoms with Gasteiger partial charge >= 0.3 is 5.97 Å². The maximum atomic E-state index is 11.3. The van der Waals surface area contributed by atoms with Gasteiger partial charge in [0.15, 0.2) is 11.5 Å². The summed E-state index contributed by atoms with van der Waals surface area (Å²) in [7, 11) is 4.43. The molecule has 1 aromatic rings. The summed E-state index contributed by atoms with van der Waals surface area (Å²) >= 11 is 6.09. The second kappa shape index (κ2) is 7.21. The van der Waals surface area contributed by atoms with E-state index in [1.165, 1.54) is 14.2 Å². The molecular formula is C13H18ClNO4. The van der Waals surface area contributed by atoms with E-state index in [9.17, 15) is 4.79 Å². The fourth-order valence-electron chi connectivity index (χ4n) is 1.60. The third-order valence-electron chi connectivity index (χ3n) is 2.66. The molecule has 1 N–H and O–H groups in total. The van der Waals surface area contributed by atoms with E-state index < -0.39 is 6.04 Å². The lowest BCUT2D eigenvalue weighted by Crippen LogP contribution is -2.34. The molecule has 1 atom stereocenters. The van der Waals surface area contributed by atoms with Crippen LogP contribution in [0.3, 0.4) is 0 Å². The zero-order valence-electron chi connectivity index (χ0n) is 11.5. The molecule has 0 aliphatic heterocycles. The highest BCUT2D eigenvalue weighted by Crippen LogP contribution is 2.35. The average Bonchev–Trinajstić information content (AvgIpc) is 2.42. The van der Waals surface area contributed by atoms with Gasteiger partial charge in [-0.05, 0) is 24.6 Å². The minimum atomic E-state index is -0.392. The van der Waals surface area contributed by atoms with E-state index in [-0.39, 0.29) is 5.97 Å². The zero-order valence-corrected chi connectivity index (χ0v) is 12.2. The predicted octanol–water partition coefficient (Wildman–Crippen LogP) is 2.01. The first-order chi connectivity index (χ1) is 9.03. The number of carbonyl (C=O) groups excluding carboxylic acids is 1. The molecule has 1 rings (SSSR count). The number of hydrogen-bond donors (Lipinski definition) is 1. The number of ether oxygens (including phenoxy) is 3. The predicted molar refractivity (Wildman–Crippen MR) is 72.9 cm³/mol. The van der Waals surface area contributed by atoms with Crippen molar-refractivity contribution in [2.24, 2.45) is 0 Å². The van der Waals surface area contributed by atoms with E-state index >= 15 is 0 Å². The minimum Gasteiger partial charge on any atom is -0.493 e. The molecule has 0 aliphatic carbocycles. The van der Waals surface area contributed by atoms with Crippen LogP contribution in [0.5, 0.6) is 11.5 Å². The Kier molecular flexibility index (Phi) is 5.92. The average molecular weight is 288 g/mol. The van der Waals surface area contributed by atoms with Gasteiger partial charge in [-0.3, -0.25) is 4.79 Å². The molecule has 5 nitrogen and oxygen atoms in total. The third-order valence-corrected chi connectivity index (χ3v) is 2.94. The smallest absolute Gasteiger partial charge is 0.322 e. The van der Waals surface area contributed by atoms with Crippen LogP contribution in [0.4, 0.5) is 0 Å². The third kappa shape index (κ3) is 4.01. The van der Waals surface area contributed by atoms with E-state index in [2.05, 4.69) is 10.1 Å². The summed E-state index contributed by atoms with van der Waals surface area (Å²) in [5.74, 6) is 0.734. The first kappa shape index (κ1) is 15.6. The van der Waals surface area contributed by atoms with Gasteiger partial charge in [-0.15, -0.1) is 0 Å². The Morgan fingerprint density at radius 2 is 2.00 bits per heavy atom. The molecule has 0 bridgehead atoms. The number of benzene rings is 1. The van der Waals surface area contributed by atoms with E-state index in [1.807, 2.05) is 6.07 Å². The van der Waals surface area contributed by atoms with E-state index in [0.717, 1.165) is 5.56 Å². The van der Waals surface area contributed by atoms with Crippen LogP contribution in [0, 0.1) is 0 Å². The minimum absolute atomic E-state index is 0.313. The molecular weight excluding hydrogens is 270 g/mol. The first-order valence-corrected chi connectivity index (χ1v) is 6.12. The van der Waals surface area contributed by atoms with Crippen LogP contribution in [0.25, 0.3) is 0 Å². The number of rotatable bonds is 6. The van der Waals surface area contributed by atoms with E-state index in [4.69, 9.17) is 21.1 Å². The summed E-state index contributed by atoms with van der Waals surface area (Å²) in [6, 6.07) is 3.18. The van der Waals surface area contributed by atoms with Crippen LogP contribution in [0.1, 0.15) is 12.5 Å². The molecule has 0 saturated carbocycles.